The Labute approximate surface area is 195 Å². The van der Waals surface area contributed by atoms with Crippen LogP contribution in [-0.4, -0.2) is 34.6 Å². The van der Waals surface area contributed by atoms with E-state index in [2.05, 4.69) is 21.0 Å². The van der Waals surface area contributed by atoms with Crippen LogP contribution < -0.4 is 10.3 Å². The van der Waals surface area contributed by atoms with Gasteiger partial charge >= 0.3 is 5.97 Å². The number of hydrogen-bond acceptors (Lipinski definition) is 6. The monoisotopic (exact) mass is 499 g/mol. The third-order valence-electron chi connectivity index (χ3n) is 5.02. The first-order valence-electron chi connectivity index (χ1n) is 10.5. The topological polar surface area (TPSA) is 82.8 Å². The fourth-order valence-corrected chi connectivity index (χ4v) is 3.41. The first-order valence-corrected chi connectivity index (χ1v) is 11.3. The van der Waals surface area contributed by atoms with Gasteiger partial charge in [-0.15, -0.1) is 0 Å². The molecule has 168 valence electrons. The van der Waals surface area contributed by atoms with Gasteiger partial charge in [-0.2, -0.15) is 9.78 Å². The van der Waals surface area contributed by atoms with Gasteiger partial charge in [-0.25, -0.2) is 9.78 Å². The number of carbonyl (C=O) groups excluding carboxylic acids is 1. The van der Waals surface area contributed by atoms with E-state index in [-0.39, 0.29) is 11.5 Å². The molecule has 0 aliphatic heterocycles. The van der Waals surface area contributed by atoms with Crippen LogP contribution in [0.15, 0.2) is 56.8 Å². The van der Waals surface area contributed by atoms with Crippen LogP contribution in [0.3, 0.4) is 0 Å². The Morgan fingerprint density at radius 1 is 1.19 bits per heavy atom. The highest BCUT2D eigenvalue weighted by atomic mass is 79.9. The van der Waals surface area contributed by atoms with Gasteiger partial charge in [-0.1, -0.05) is 29.8 Å². The van der Waals surface area contributed by atoms with Crippen molar-refractivity contribution in [2.75, 3.05) is 6.61 Å². The number of rotatable bonds is 8. The van der Waals surface area contributed by atoms with Crippen LogP contribution in [0.5, 0.6) is 5.75 Å². The molecule has 0 bridgehead atoms. The highest BCUT2D eigenvalue weighted by Gasteiger charge is 2.16. The van der Waals surface area contributed by atoms with Crippen molar-refractivity contribution >= 4 is 39.0 Å². The Balaban J connectivity index is 1.90. The van der Waals surface area contributed by atoms with E-state index in [1.165, 1.54) is 4.68 Å². The molecule has 0 spiro atoms. The first kappa shape index (κ1) is 23.7. The van der Waals surface area contributed by atoms with Gasteiger partial charge in [0.1, 0.15) is 11.6 Å². The molecule has 0 aliphatic rings. The van der Waals surface area contributed by atoms with E-state index in [4.69, 9.17) is 14.5 Å². The fraction of sp³-hybridized carbons (Fsp3) is 0.333. The molecule has 3 rings (SSSR count). The largest absolute Gasteiger partial charge is 0.479 e. The predicted molar refractivity (Wildman–Crippen MR) is 129 cm³/mol. The van der Waals surface area contributed by atoms with Gasteiger partial charge in [0.25, 0.3) is 5.56 Å². The maximum atomic E-state index is 13.2. The summed E-state index contributed by atoms with van der Waals surface area (Å²) in [5.74, 6) is 0.808. The van der Waals surface area contributed by atoms with Crippen molar-refractivity contribution in [1.29, 1.82) is 0 Å². The third kappa shape index (κ3) is 5.43. The maximum Gasteiger partial charge on any atom is 0.347 e. The molecule has 8 heteroatoms. The van der Waals surface area contributed by atoms with Crippen molar-refractivity contribution in [3.63, 3.8) is 0 Å². The number of aromatic nitrogens is 2. The van der Waals surface area contributed by atoms with E-state index < -0.39 is 12.1 Å². The summed E-state index contributed by atoms with van der Waals surface area (Å²) in [5.41, 5.74) is 1.21. The summed E-state index contributed by atoms with van der Waals surface area (Å²) in [4.78, 5) is 29.6. The quantitative estimate of drug-likeness (QED) is 0.325. The highest BCUT2D eigenvalue weighted by molar-refractivity contribution is 9.10. The van der Waals surface area contributed by atoms with Gasteiger partial charge in [-0.05, 0) is 68.3 Å². The van der Waals surface area contributed by atoms with Gasteiger partial charge in [0.2, 0.25) is 0 Å². The van der Waals surface area contributed by atoms with Crippen LogP contribution in [0.1, 0.15) is 51.4 Å². The van der Waals surface area contributed by atoms with E-state index in [1.54, 1.807) is 50.4 Å². The van der Waals surface area contributed by atoms with Crippen molar-refractivity contribution in [2.45, 2.75) is 46.1 Å². The number of hydrogen-bond donors (Lipinski definition) is 0. The Morgan fingerprint density at radius 3 is 2.56 bits per heavy atom. The van der Waals surface area contributed by atoms with Crippen LogP contribution in [-0.2, 0) is 9.53 Å². The molecule has 0 fully saturated rings. The first-order chi connectivity index (χ1) is 15.3. The number of esters is 1. The SMILES string of the molecule is CCOC(=O)[C@H](C)Oc1ccc(C=Nn2c([C@H](C)CC)nc3ccc(Br)cc3c2=O)cc1. The van der Waals surface area contributed by atoms with Crippen molar-refractivity contribution in [3.8, 4) is 5.75 Å². The summed E-state index contributed by atoms with van der Waals surface area (Å²) in [6.07, 6.45) is 1.74. The van der Waals surface area contributed by atoms with Gasteiger partial charge < -0.3 is 9.47 Å². The minimum atomic E-state index is -0.700. The molecule has 3 aromatic rings. The van der Waals surface area contributed by atoms with E-state index in [0.717, 1.165) is 16.5 Å². The zero-order valence-electron chi connectivity index (χ0n) is 18.5. The molecular formula is C24H26BrN3O4. The lowest BCUT2D eigenvalue weighted by Crippen LogP contribution is -2.26. The second-order valence-corrected chi connectivity index (χ2v) is 8.30. The van der Waals surface area contributed by atoms with E-state index in [0.29, 0.717) is 29.1 Å². The molecule has 0 aliphatic carbocycles. The van der Waals surface area contributed by atoms with Gasteiger partial charge in [0.15, 0.2) is 6.10 Å². The van der Waals surface area contributed by atoms with Crippen LogP contribution in [0.2, 0.25) is 0 Å². The lowest BCUT2D eigenvalue weighted by molar-refractivity contribution is -0.150. The third-order valence-corrected chi connectivity index (χ3v) is 5.51. The Kier molecular flexibility index (Phi) is 7.80. The summed E-state index contributed by atoms with van der Waals surface area (Å²) >= 11 is 3.41. The molecule has 2 atom stereocenters. The average Bonchev–Trinajstić information content (AvgIpc) is 2.79. The molecule has 0 unspecified atom stereocenters. The fourth-order valence-electron chi connectivity index (χ4n) is 3.05. The maximum absolute atomic E-state index is 13.2. The van der Waals surface area contributed by atoms with Crippen LogP contribution in [0, 0.1) is 0 Å². The summed E-state index contributed by atoms with van der Waals surface area (Å²) < 4.78 is 12.7. The number of halogens is 1. The lowest BCUT2D eigenvalue weighted by Gasteiger charge is -2.14. The summed E-state index contributed by atoms with van der Waals surface area (Å²) in [5, 5.41) is 4.95. The molecule has 1 heterocycles. The summed E-state index contributed by atoms with van der Waals surface area (Å²) in [6.45, 7) is 7.77. The van der Waals surface area contributed by atoms with Crippen molar-refractivity contribution in [2.24, 2.45) is 5.10 Å². The zero-order chi connectivity index (χ0) is 23.3. The molecule has 0 radical (unpaired) electrons. The smallest absolute Gasteiger partial charge is 0.347 e. The number of benzene rings is 2. The van der Waals surface area contributed by atoms with Crippen LogP contribution in [0.25, 0.3) is 10.9 Å². The predicted octanol–water partition coefficient (Wildman–Crippen LogP) is 4.89. The van der Waals surface area contributed by atoms with Gasteiger partial charge in [0, 0.05) is 10.4 Å². The molecule has 0 saturated heterocycles. The molecule has 1 aromatic heterocycles. The summed E-state index contributed by atoms with van der Waals surface area (Å²) in [6, 6.07) is 12.5. The summed E-state index contributed by atoms with van der Waals surface area (Å²) in [7, 11) is 0. The van der Waals surface area contributed by atoms with Crippen LogP contribution in [0.4, 0.5) is 0 Å². The normalized spacial score (nSPS) is 13.3. The van der Waals surface area contributed by atoms with E-state index >= 15 is 0 Å². The molecule has 0 saturated carbocycles. The molecule has 7 nitrogen and oxygen atoms in total. The molecule has 0 amide bonds. The molecular weight excluding hydrogens is 474 g/mol. The number of carbonyl (C=O) groups is 1. The zero-order valence-corrected chi connectivity index (χ0v) is 20.1. The number of ether oxygens (including phenoxy) is 2. The molecule has 2 aromatic carbocycles. The second-order valence-electron chi connectivity index (χ2n) is 7.38. The molecule has 0 N–H and O–H groups in total. The van der Waals surface area contributed by atoms with E-state index in [9.17, 15) is 9.59 Å². The standard InChI is InChI=1S/C24H26BrN3O4/c1-5-15(3)22-27-21-12-9-18(25)13-20(21)23(29)28(22)26-14-17-7-10-19(11-8-17)32-16(4)24(30)31-6-2/h7-16H,5-6H2,1-4H3/t15-,16+/m1/s1. The van der Waals surface area contributed by atoms with Crippen molar-refractivity contribution in [1.82, 2.24) is 9.66 Å². The Hall–Kier alpha value is -3.00. The Bertz CT molecular complexity index is 1190. The van der Waals surface area contributed by atoms with Crippen molar-refractivity contribution in [3.05, 3.63) is 68.7 Å². The minimum absolute atomic E-state index is 0.0630. The number of nitrogens with zero attached hydrogens (tertiary/aromatic N) is 3. The van der Waals surface area contributed by atoms with Crippen molar-refractivity contribution < 1.29 is 14.3 Å². The van der Waals surface area contributed by atoms with E-state index in [1.807, 2.05) is 26.0 Å². The average molecular weight is 500 g/mol. The second kappa shape index (κ2) is 10.5. The Morgan fingerprint density at radius 2 is 1.91 bits per heavy atom. The lowest BCUT2D eigenvalue weighted by atomic mass is 10.1. The molecule has 32 heavy (non-hydrogen) atoms. The number of fused-ring (bicyclic) bond motifs is 1. The minimum Gasteiger partial charge on any atom is -0.479 e. The van der Waals surface area contributed by atoms with Crippen LogP contribution >= 0.6 is 15.9 Å². The van der Waals surface area contributed by atoms with Gasteiger partial charge in [-0.3, -0.25) is 4.79 Å². The highest BCUT2D eigenvalue weighted by Crippen LogP contribution is 2.21. The van der Waals surface area contributed by atoms with Gasteiger partial charge in [0.05, 0.1) is 23.7 Å².